The van der Waals surface area contributed by atoms with Crippen molar-refractivity contribution in [1.29, 1.82) is 0 Å². The summed E-state index contributed by atoms with van der Waals surface area (Å²) in [5.41, 5.74) is -0.0566. The summed E-state index contributed by atoms with van der Waals surface area (Å²) in [4.78, 5) is 0.284. The largest absolute Gasteiger partial charge is 0.485 e. The molecule has 0 aliphatic rings. The minimum atomic E-state index is -4.45. The van der Waals surface area contributed by atoms with Crippen LogP contribution in [-0.2, 0) is 0 Å². The molecule has 0 unspecified atom stereocenters. The van der Waals surface area contributed by atoms with Crippen molar-refractivity contribution in [3.05, 3.63) is 30.1 Å². The number of benzene rings is 1. The van der Waals surface area contributed by atoms with Gasteiger partial charge in [0, 0.05) is 11.7 Å². The molecule has 0 spiro atoms. The fourth-order valence-electron chi connectivity index (χ4n) is 1.34. The van der Waals surface area contributed by atoms with Gasteiger partial charge in [0.15, 0.2) is 0 Å². The number of halogens is 4. The molecule has 0 aliphatic carbocycles. The Bertz CT molecular complexity index is 315. The Morgan fingerprint density at radius 3 is 1.87 bits per heavy atom. The van der Waals surface area contributed by atoms with E-state index in [0.717, 1.165) is 24.3 Å². The van der Waals surface area contributed by atoms with E-state index in [2.05, 4.69) is 0 Å². The fourth-order valence-corrected chi connectivity index (χ4v) is 1.34. The van der Waals surface area contributed by atoms with E-state index in [4.69, 9.17) is 0 Å². The van der Waals surface area contributed by atoms with Gasteiger partial charge in [0.25, 0.3) is 0 Å². The quantitative estimate of drug-likeness (QED) is 0.545. The van der Waals surface area contributed by atoms with Gasteiger partial charge < -0.3 is 0 Å². The molecular formula is C10H11F4N. The van der Waals surface area contributed by atoms with Gasteiger partial charge in [-0.25, -0.2) is 4.39 Å². The summed E-state index contributed by atoms with van der Waals surface area (Å²) >= 11 is 0. The molecule has 84 valence electrons. The normalized spacial score (nSPS) is 11.9. The van der Waals surface area contributed by atoms with E-state index in [9.17, 15) is 17.6 Å². The minimum Gasteiger partial charge on any atom is -0.282 e. The van der Waals surface area contributed by atoms with Crippen molar-refractivity contribution in [1.82, 2.24) is 0 Å². The summed E-state index contributed by atoms with van der Waals surface area (Å²) in [5, 5.41) is 0. The van der Waals surface area contributed by atoms with Gasteiger partial charge in [0.05, 0.1) is 0 Å². The standard InChI is InChI=1S/C10H11F4N/c1-7(2)15(10(12,13)14)9-5-3-8(11)4-6-9/h3-7H,1-2H3. The van der Waals surface area contributed by atoms with Crippen LogP contribution in [-0.4, -0.2) is 12.3 Å². The molecule has 0 saturated heterocycles. The first-order valence-corrected chi connectivity index (χ1v) is 4.44. The molecule has 1 rings (SSSR count). The van der Waals surface area contributed by atoms with Crippen LogP contribution in [0.4, 0.5) is 23.2 Å². The van der Waals surface area contributed by atoms with Crippen molar-refractivity contribution in [2.45, 2.75) is 26.2 Å². The molecule has 1 aromatic carbocycles. The predicted octanol–water partition coefficient (Wildman–Crippen LogP) is 3.56. The smallest absolute Gasteiger partial charge is 0.282 e. The number of hydrogen-bond acceptors (Lipinski definition) is 1. The maximum absolute atomic E-state index is 12.6. The molecule has 1 aromatic rings. The van der Waals surface area contributed by atoms with Crippen molar-refractivity contribution in [3.8, 4) is 0 Å². The monoisotopic (exact) mass is 221 g/mol. The average Bonchev–Trinajstić information content (AvgIpc) is 2.05. The van der Waals surface area contributed by atoms with E-state index < -0.39 is 18.2 Å². The van der Waals surface area contributed by atoms with E-state index in [-0.39, 0.29) is 10.6 Å². The molecule has 0 N–H and O–H groups in total. The minimum absolute atomic E-state index is 0.0566. The average molecular weight is 221 g/mol. The highest BCUT2D eigenvalue weighted by molar-refractivity contribution is 5.47. The molecule has 0 fully saturated rings. The molecule has 0 bridgehead atoms. The van der Waals surface area contributed by atoms with Crippen LogP contribution in [0, 0.1) is 5.82 Å². The zero-order valence-electron chi connectivity index (χ0n) is 8.35. The van der Waals surface area contributed by atoms with E-state index in [0.29, 0.717) is 0 Å². The molecule has 5 heteroatoms. The Hall–Kier alpha value is -1.26. The summed E-state index contributed by atoms with van der Waals surface area (Å²) in [5.74, 6) is -0.551. The second-order valence-electron chi connectivity index (χ2n) is 3.41. The van der Waals surface area contributed by atoms with Crippen molar-refractivity contribution >= 4 is 5.69 Å². The lowest BCUT2D eigenvalue weighted by Gasteiger charge is -2.30. The van der Waals surface area contributed by atoms with Gasteiger partial charge in [0.1, 0.15) is 5.82 Å². The molecule has 0 saturated carbocycles. The van der Waals surface area contributed by atoms with E-state index in [1.54, 1.807) is 0 Å². The molecule has 0 amide bonds. The third-order valence-electron chi connectivity index (χ3n) is 1.89. The summed E-state index contributed by atoms with van der Waals surface area (Å²) in [7, 11) is 0. The van der Waals surface area contributed by atoms with Gasteiger partial charge in [-0.15, -0.1) is 0 Å². The highest BCUT2D eigenvalue weighted by Crippen LogP contribution is 2.30. The summed E-state index contributed by atoms with van der Waals surface area (Å²) in [6.07, 6.45) is -4.45. The maximum Gasteiger partial charge on any atom is 0.485 e. The molecule has 0 heterocycles. The summed E-state index contributed by atoms with van der Waals surface area (Å²) in [6, 6.07) is 3.52. The van der Waals surface area contributed by atoms with E-state index in [1.807, 2.05) is 0 Å². The molecular weight excluding hydrogens is 210 g/mol. The van der Waals surface area contributed by atoms with Gasteiger partial charge >= 0.3 is 6.30 Å². The lowest BCUT2D eigenvalue weighted by atomic mass is 10.2. The maximum atomic E-state index is 12.6. The second kappa shape index (κ2) is 4.08. The first-order valence-electron chi connectivity index (χ1n) is 4.44. The molecule has 0 aromatic heterocycles. The first-order chi connectivity index (χ1) is 6.82. The van der Waals surface area contributed by atoms with Crippen LogP contribution in [0.1, 0.15) is 13.8 Å². The van der Waals surface area contributed by atoms with Gasteiger partial charge in [-0.1, -0.05) is 0 Å². The van der Waals surface area contributed by atoms with Crippen LogP contribution in [0.3, 0.4) is 0 Å². The Labute approximate surface area is 85.3 Å². The Morgan fingerprint density at radius 1 is 1.07 bits per heavy atom. The fraction of sp³-hybridized carbons (Fsp3) is 0.400. The molecule has 1 nitrogen and oxygen atoms in total. The Balaban J connectivity index is 3.05. The molecule has 0 radical (unpaired) electrons. The zero-order valence-corrected chi connectivity index (χ0v) is 8.35. The summed E-state index contributed by atoms with van der Waals surface area (Å²) in [6.45, 7) is 2.85. The van der Waals surface area contributed by atoms with Gasteiger partial charge in [-0.3, -0.25) is 4.90 Å². The van der Waals surface area contributed by atoms with Crippen LogP contribution in [0.15, 0.2) is 24.3 Å². The van der Waals surface area contributed by atoms with Crippen LogP contribution >= 0.6 is 0 Å². The highest BCUT2D eigenvalue weighted by atomic mass is 19.4. The predicted molar refractivity (Wildman–Crippen MR) is 50.1 cm³/mol. The van der Waals surface area contributed by atoms with Crippen molar-refractivity contribution in [3.63, 3.8) is 0 Å². The second-order valence-corrected chi connectivity index (χ2v) is 3.41. The number of rotatable bonds is 2. The van der Waals surface area contributed by atoms with Crippen LogP contribution < -0.4 is 4.90 Å². The topological polar surface area (TPSA) is 3.24 Å². The number of nitrogens with zero attached hydrogens (tertiary/aromatic N) is 1. The van der Waals surface area contributed by atoms with E-state index >= 15 is 0 Å². The third-order valence-corrected chi connectivity index (χ3v) is 1.89. The van der Waals surface area contributed by atoms with Crippen LogP contribution in [0.25, 0.3) is 0 Å². The lowest BCUT2D eigenvalue weighted by Crippen LogP contribution is -2.43. The van der Waals surface area contributed by atoms with Gasteiger partial charge in [-0.2, -0.15) is 13.2 Å². The van der Waals surface area contributed by atoms with Crippen molar-refractivity contribution < 1.29 is 17.6 Å². The van der Waals surface area contributed by atoms with Gasteiger partial charge in [-0.05, 0) is 38.1 Å². The third kappa shape index (κ3) is 2.84. The summed E-state index contributed by atoms with van der Waals surface area (Å²) < 4.78 is 50.3. The SMILES string of the molecule is CC(C)N(c1ccc(F)cc1)C(F)(F)F. The van der Waals surface area contributed by atoms with Crippen molar-refractivity contribution in [2.75, 3.05) is 4.90 Å². The highest BCUT2D eigenvalue weighted by Gasteiger charge is 2.39. The Kier molecular flexibility index (Phi) is 3.21. The lowest BCUT2D eigenvalue weighted by molar-refractivity contribution is -0.133. The van der Waals surface area contributed by atoms with Crippen molar-refractivity contribution in [2.24, 2.45) is 0 Å². The zero-order chi connectivity index (χ0) is 11.6. The van der Waals surface area contributed by atoms with Gasteiger partial charge in [0.2, 0.25) is 0 Å². The number of alkyl halides is 3. The first kappa shape index (κ1) is 11.8. The number of hydrogen-bond donors (Lipinski definition) is 0. The van der Waals surface area contributed by atoms with Crippen LogP contribution in [0.2, 0.25) is 0 Å². The van der Waals surface area contributed by atoms with E-state index in [1.165, 1.54) is 13.8 Å². The molecule has 0 aliphatic heterocycles. The van der Waals surface area contributed by atoms with Crippen LogP contribution in [0.5, 0.6) is 0 Å². The Morgan fingerprint density at radius 2 is 1.53 bits per heavy atom. The molecule has 15 heavy (non-hydrogen) atoms. The molecule has 0 atom stereocenters. The number of anilines is 1.